The number of benzene rings is 2. The van der Waals surface area contributed by atoms with Gasteiger partial charge < -0.3 is 9.17 Å². The first-order valence-electron chi connectivity index (χ1n) is 8.64. The summed E-state index contributed by atoms with van der Waals surface area (Å²) in [5, 5.41) is 10.8. The summed E-state index contributed by atoms with van der Waals surface area (Å²) in [6.07, 6.45) is 0. The van der Waals surface area contributed by atoms with Crippen molar-refractivity contribution in [3.63, 3.8) is 0 Å². The van der Waals surface area contributed by atoms with E-state index in [4.69, 9.17) is 4.18 Å². The largest absolute Gasteiger partial charge is 0.379 e. The van der Waals surface area contributed by atoms with Gasteiger partial charge in [0.05, 0.1) is 11.0 Å². The van der Waals surface area contributed by atoms with E-state index in [0.29, 0.717) is 5.56 Å². The third-order valence-electron chi connectivity index (χ3n) is 4.40. The minimum Gasteiger partial charge on any atom is -0.379 e. The molecule has 2 N–H and O–H groups in total. The molecule has 158 valence electrons. The molecule has 4 rings (SSSR count). The van der Waals surface area contributed by atoms with Crippen LogP contribution in [0.1, 0.15) is 0 Å². The van der Waals surface area contributed by atoms with Gasteiger partial charge in [0.15, 0.2) is 5.65 Å². The molecule has 2 aromatic carbocycles. The number of aromatic nitrogens is 4. The van der Waals surface area contributed by atoms with Crippen molar-refractivity contribution in [3.8, 4) is 17.1 Å². The summed E-state index contributed by atoms with van der Waals surface area (Å²) in [5.41, 5.74) is -0.848. The summed E-state index contributed by atoms with van der Waals surface area (Å²) in [4.78, 5) is 43.3. The Kier molecular flexibility index (Phi) is 4.66. The lowest BCUT2D eigenvalue weighted by Crippen LogP contribution is -2.32. The number of imidazole rings is 1. The van der Waals surface area contributed by atoms with Gasteiger partial charge >= 0.3 is 15.8 Å². The summed E-state index contributed by atoms with van der Waals surface area (Å²) in [6, 6.07) is 10.2. The average molecular weight is 443 g/mol. The lowest BCUT2D eigenvalue weighted by Gasteiger charge is -2.07. The molecule has 0 bridgehead atoms. The normalized spacial score (nSPS) is 11.5. The molecule has 31 heavy (non-hydrogen) atoms. The topological polar surface area (TPSA) is 170 Å². The van der Waals surface area contributed by atoms with E-state index in [1.165, 1.54) is 49.5 Å². The first kappa shape index (κ1) is 20.0. The Hall–Kier alpha value is -4.26. The van der Waals surface area contributed by atoms with Crippen LogP contribution in [-0.4, -0.2) is 32.9 Å². The van der Waals surface area contributed by atoms with Crippen LogP contribution in [0, 0.1) is 10.1 Å². The van der Waals surface area contributed by atoms with Crippen LogP contribution in [0.2, 0.25) is 0 Å². The molecule has 0 fully saturated rings. The number of hydrogen-bond acceptors (Lipinski definition) is 8. The zero-order valence-electron chi connectivity index (χ0n) is 15.7. The van der Waals surface area contributed by atoms with E-state index < -0.39 is 26.3 Å². The minimum atomic E-state index is -4.25. The maximum absolute atomic E-state index is 12.5. The van der Waals surface area contributed by atoms with Crippen molar-refractivity contribution < 1.29 is 17.5 Å². The van der Waals surface area contributed by atoms with Gasteiger partial charge in [-0.25, -0.2) is 9.78 Å². The third-order valence-corrected chi connectivity index (χ3v) is 5.66. The van der Waals surface area contributed by atoms with Gasteiger partial charge in [-0.3, -0.25) is 24.5 Å². The Bertz CT molecular complexity index is 1550. The third kappa shape index (κ3) is 3.69. The fraction of sp³-hybridized carbons (Fsp3) is 0.0556. The number of nitrogens with one attached hydrogen (secondary N) is 2. The highest BCUT2D eigenvalue weighted by Crippen LogP contribution is 2.25. The van der Waals surface area contributed by atoms with Gasteiger partial charge in [0, 0.05) is 18.7 Å². The highest BCUT2D eigenvalue weighted by Gasteiger charge is 2.19. The van der Waals surface area contributed by atoms with Crippen molar-refractivity contribution >= 4 is 27.0 Å². The Morgan fingerprint density at radius 3 is 2.48 bits per heavy atom. The van der Waals surface area contributed by atoms with E-state index in [1.54, 1.807) is 0 Å². The second-order valence-electron chi connectivity index (χ2n) is 6.42. The SMILES string of the molecule is Cn1c(=O)[nH]c2nc(-c3ccc(S(=O)(=O)Oc4cccc([N+](=O)[O-])c4)cc3)[nH]c2c1=O. The van der Waals surface area contributed by atoms with Crippen LogP contribution in [-0.2, 0) is 17.2 Å². The van der Waals surface area contributed by atoms with Gasteiger partial charge in [0.25, 0.3) is 11.2 Å². The Balaban J connectivity index is 1.65. The molecule has 0 spiro atoms. The minimum absolute atomic E-state index is 0.0776. The van der Waals surface area contributed by atoms with Crippen LogP contribution in [0.5, 0.6) is 5.75 Å². The summed E-state index contributed by atoms with van der Waals surface area (Å²) >= 11 is 0. The highest BCUT2D eigenvalue weighted by molar-refractivity contribution is 7.87. The van der Waals surface area contributed by atoms with Crippen molar-refractivity contribution in [2.24, 2.45) is 7.05 Å². The summed E-state index contributed by atoms with van der Waals surface area (Å²) in [6.45, 7) is 0. The van der Waals surface area contributed by atoms with Crippen LogP contribution in [0.3, 0.4) is 0 Å². The first-order chi connectivity index (χ1) is 14.7. The molecule has 12 nitrogen and oxygen atoms in total. The van der Waals surface area contributed by atoms with Crippen LogP contribution < -0.4 is 15.4 Å². The molecule has 0 aliphatic rings. The van der Waals surface area contributed by atoms with E-state index in [-0.39, 0.29) is 33.3 Å². The molecule has 0 saturated heterocycles. The molecule has 2 aromatic heterocycles. The molecule has 0 saturated carbocycles. The lowest BCUT2D eigenvalue weighted by atomic mass is 10.2. The number of H-pyrrole nitrogens is 2. The smallest absolute Gasteiger partial charge is 0.339 e. The lowest BCUT2D eigenvalue weighted by molar-refractivity contribution is -0.384. The van der Waals surface area contributed by atoms with Crippen molar-refractivity contribution in [1.29, 1.82) is 0 Å². The van der Waals surface area contributed by atoms with Crippen molar-refractivity contribution in [2.45, 2.75) is 4.90 Å². The fourth-order valence-electron chi connectivity index (χ4n) is 2.80. The fourth-order valence-corrected chi connectivity index (χ4v) is 3.73. The molecule has 0 aliphatic carbocycles. The number of non-ortho nitro benzene ring substituents is 1. The Labute approximate surface area is 173 Å². The predicted octanol–water partition coefficient (Wildman–Crippen LogP) is 1.29. The van der Waals surface area contributed by atoms with Crippen LogP contribution >= 0.6 is 0 Å². The molecule has 0 amide bonds. The first-order valence-corrected chi connectivity index (χ1v) is 10.0. The van der Waals surface area contributed by atoms with Gasteiger partial charge in [-0.05, 0) is 30.3 Å². The number of nitro groups is 1. The molecule has 2 heterocycles. The number of hydrogen-bond donors (Lipinski definition) is 2. The molecule has 0 unspecified atom stereocenters. The van der Waals surface area contributed by atoms with E-state index in [1.807, 2.05) is 0 Å². The van der Waals surface area contributed by atoms with E-state index in [0.717, 1.165) is 10.6 Å². The summed E-state index contributed by atoms with van der Waals surface area (Å²) in [7, 11) is -2.93. The quantitative estimate of drug-likeness (QED) is 0.264. The number of rotatable bonds is 5. The molecule has 0 atom stereocenters. The predicted molar refractivity (Wildman–Crippen MR) is 108 cm³/mol. The molecule has 13 heteroatoms. The molecular weight excluding hydrogens is 430 g/mol. The van der Waals surface area contributed by atoms with Gasteiger partial charge in [0.1, 0.15) is 22.0 Å². The van der Waals surface area contributed by atoms with Gasteiger partial charge in [-0.2, -0.15) is 8.42 Å². The monoisotopic (exact) mass is 443 g/mol. The van der Waals surface area contributed by atoms with Gasteiger partial charge in [-0.15, -0.1) is 0 Å². The second kappa shape index (κ2) is 7.21. The van der Waals surface area contributed by atoms with E-state index in [2.05, 4.69) is 15.0 Å². The Morgan fingerprint density at radius 2 is 1.81 bits per heavy atom. The summed E-state index contributed by atoms with van der Waals surface area (Å²) < 4.78 is 30.9. The number of aromatic amines is 2. The van der Waals surface area contributed by atoms with Crippen LogP contribution in [0.25, 0.3) is 22.6 Å². The number of fused-ring (bicyclic) bond motifs is 1. The maximum atomic E-state index is 12.5. The summed E-state index contributed by atoms with van der Waals surface area (Å²) in [5.74, 6) is 0.0489. The molecule has 4 aromatic rings. The van der Waals surface area contributed by atoms with Crippen molar-refractivity contribution in [3.05, 3.63) is 79.5 Å². The molecule has 0 aliphatic heterocycles. The van der Waals surface area contributed by atoms with E-state index in [9.17, 15) is 28.1 Å². The van der Waals surface area contributed by atoms with Gasteiger partial charge in [-0.1, -0.05) is 6.07 Å². The Morgan fingerprint density at radius 1 is 1.10 bits per heavy atom. The molecule has 0 radical (unpaired) electrons. The van der Waals surface area contributed by atoms with Gasteiger partial charge in [0.2, 0.25) is 0 Å². The zero-order chi connectivity index (χ0) is 22.3. The number of nitrogens with zero attached hydrogens (tertiary/aromatic N) is 3. The molecular formula is C18H13N5O7S. The highest BCUT2D eigenvalue weighted by atomic mass is 32.2. The van der Waals surface area contributed by atoms with Crippen molar-refractivity contribution in [2.75, 3.05) is 0 Å². The maximum Gasteiger partial charge on any atom is 0.339 e. The van der Waals surface area contributed by atoms with Crippen molar-refractivity contribution in [1.82, 2.24) is 19.5 Å². The van der Waals surface area contributed by atoms with Crippen LogP contribution in [0.15, 0.2) is 63.0 Å². The number of nitro benzene ring substituents is 1. The van der Waals surface area contributed by atoms with E-state index >= 15 is 0 Å². The second-order valence-corrected chi connectivity index (χ2v) is 7.97. The zero-order valence-corrected chi connectivity index (χ0v) is 16.5. The van der Waals surface area contributed by atoms with Crippen LogP contribution in [0.4, 0.5) is 5.69 Å². The average Bonchev–Trinajstić information content (AvgIpc) is 3.16. The standard InChI is InChI=1S/C18H13N5O7S/c1-22-17(24)14-16(21-18(22)25)20-15(19-14)10-5-7-13(8-6-10)31(28,29)30-12-4-2-3-11(9-12)23(26)27/h2-9H,1H3,(H,19,20)(H,21,25).